The van der Waals surface area contributed by atoms with Gasteiger partial charge in [-0.1, -0.05) is 11.8 Å². The quantitative estimate of drug-likeness (QED) is 0.641. The average molecular weight is 325 g/mol. The monoisotopic (exact) mass is 325 g/mol. The van der Waals surface area contributed by atoms with Crippen molar-refractivity contribution in [2.75, 3.05) is 14.1 Å². The Bertz CT molecular complexity index is 762. The minimum atomic E-state index is -0.280. The largest absolute Gasteiger partial charge is 0.348 e. The molecule has 2 heterocycles. The van der Waals surface area contributed by atoms with E-state index in [0.717, 1.165) is 15.3 Å². The van der Waals surface area contributed by atoms with E-state index in [4.69, 9.17) is 0 Å². The van der Waals surface area contributed by atoms with E-state index in [1.807, 2.05) is 20.8 Å². The Balaban J connectivity index is 2.49. The molecule has 0 aromatic carbocycles. The molecular weight excluding hydrogens is 306 g/mol. The molecule has 1 unspecified atom stereocenters. The first-order valence-electron chi connectivity index (χ1n) is 6.58. The highest BCUT2D eigenvalue weighted by molar-refractivity contribution is 8.00. The van der Waals surface area contributed by atoms with Crippen LogP contribution in [0.1, 0.15) is 17.4 Å². The summed E-state index contributed by atoms with van der Waals surface area (Å²) in [4.78, 5) is 32.4. The van der Waals surface area contributed by atoms with Crippen molar-refractivity contribution < 1.29 is 4.79 Å². The minimum absolute atomic E-state index is 0.00730. The predicted molar refractivity (Wildman–Crippen MR) is 88.3 cm³/mol. The fourth-order valence-corrected chi connectivity index (χ4v) is 4.12. The number of aryl methyl sites for hydroxylation is 2. The number of hydrogen-bond acceptors (Lipinski definition) is 5. The van der Waals surface area contributed by atoms with Crippen molar-refractivity contribution in [1.82, 2.24) is 14.5 Å². The molecule has 0 spiro atoms. The Kier molecular flexibility index (Phi) is 4.43. The van der Waals surface area contributed by atoms with E-state index in [1.165, 1.54) is 27.7 Å². The van der Waals surface area contributed by atoms with E-state index in [2.05, 4.69) is 4.98 Å². The van der Waals surface area contributed by atoms with Gasteiger partial charge in [-0.25, -0.2) is 4.98 Å². The minimum Gasteiger partial charge on any atom is -0.348 e. The number of thioether (sulfide) groups is 1. The number of amides is 1. The summed E-state index contributed by atoms with van der Waals surface area (Å²) in [5, 5.41) is 0.991. The summed E-state index contributed by atoms with van der Waals surface area (Å²) >= 11 is 2.84. The highest BCUT2D eigenvalue weighted by Gasteiger charge is 2.21. The summed E-state index contributed by atoms with van der Waals surface area (Å²) in [6.45, 7) is 5.77. The summed E-state index contributed by atoms with van der Waals surface area (Å²) in [5.74, 6) is 0.00730. The Morgan fingerprint density at radius 3 is 2.57 bits per heavy atom. The lowest BCUT2D eigenvalue weighted by Gasteiger charge is -2.16. The third-order valence-electron chi connectivity index (χ3n) is 3.44. The van der Waals surface area contributed by atoms with Gasteiger partial charge in [-0.15, -0.1) is 11.3 Å². The third-order valence-corrected chi connectivity index (χ3v) is 5.67. The van der Waals surface area contributed by atoms with E-state index in [9.17, 15) is 9.59 Å². The van der Waals surface area contributed by atoms with Crippen LogP contribution in [-0.2, 0) is 11.8 Å². The molecule has 0 N–H and O–H groups in total. The number of fused-ring (bicyclic) bond motifs is 1. The summed E-state index contributed by atoms with van der Waals surface area (Å²) in [6, 6.07) is 0. The summed E-state index contributed by atoms with van der Waals surface area (Å²) in [5.41, 5.74) is 0.950. The maximum Gasteiger partial charge on any atom is 0.262 e. The highest BCUT2D eigenvalue weighted by atomic mass is 32.2. The van der Waals surface area contributed by atoms with Crippen molar-refractivity contribution in [2.24, 2.45) is 7.05 Å². The fourth-order valence-electron chi connectivity index (χ4n) is 2.03. The number of nitrogens with zero attached hydrogens (tertiary/aromatic N) is 3. The molecule has 0 aliphatic rings. The first-order valence-corrected chi connectivity index (χ1v) is 8.28. The Hall–Kier alpha value is -1.34. The molecule has 5 nitrogen and oxygen atoms in total. The molecule has 0 aliphatic carbocycles. The molecule has 7 heteroatoms. The van der Waals surface area contributed by atoms with Gasteiger partial charge in [-0.3, -0.25) is 14.2 Å². The zero-order chi connectivity index (χ0) is 15.9. The molecule has 0 fully saturated rings. The molecule has 1 amide bonds. The third kappa shape index (κ3) is 2.85. The summed E-state index contributed by atoms with van der Waals surface area (Å²) in [7, 11) is 5.15. The smallest absolute Gasteiger partial charge is 0.262 e. The molecule has 2 rings (SSSR count). The lowest BCUT2D eigenvalue weighted by Crippen LogP contribution is -2.30. The zero-order valence-electron chi connectivity index (χ0n) is 13.1. The Morgan fingerprint density at radius 1 is 1.38 bits per heavy atom. The van der Waals surface area contributed by atoms with E-state index < -0.39 is 0 Å². The average Bonchev–Trinajstić information content (AvgIpc) is 2.70. The number of thiophene rings is 1. The first-order chi connectivity index (χ1) is 9.73. The van der Waals surface area contributed by atoms with E-state index in [0.29, 0.717) is 10.5 Å². The van der Waals surface area contributed by atoms with Gasteiger partial charge < -0.3 is 4.90 Å². The van der Waals surface area contributed by atoms with Crippen LogP contribution in [0.25, 0.3) is 10.2 Å². The number of carbonyl (C=O) groups excluding carboxylic acids is 1. The van der Waals surface area contributed by atoms with Crippen molar-refractivity contribution in [3.8, 4) is 0 Å². The Labute approximate surface area is 132 Å². The molecular formula is C14H19N3O2S2. The second kappa shape index (κ2) is 5.81. The lowest BCUT2D eigenvalue weighted by atomic mass is 10.2. The van der Waals surface area contributed by atoms with Crippen LogP contribution in [0.2, 0.25) is 0 Å². The lowest BCUT2D eigenvalue weighted by molar-refractivity contribution is -0.127. The van der Waals surface area contributed by atoms with Crippen LogP contribution in [0.5, 0.6) is 0 Å². The van der Waals surface area contributed by atoms with Crippen molar-refractivity contribution in [2.45, 2.75) is 31.2 Å². The van der Waals surface area contributed by atoms with Crippen molar-refractivity contribution in [1.29, 1.82) is 0 Å². The van der Waals surface area contributed by atoms with Gasteiger partial charge in [0.2, 0.25) is 5.91 Å². The maximum absolute atomic E-state index is 12.5. The van der Waals surface area contributed by atoms with Gasteiger partial charge >= 0.3 is 0 Å². The highest BCUT2D eigenvalue weighted by Crippen LogP contribution is 2.29. The summed E-state index contributed by atoms with van der Waals surface area (Å²) < 4.78 is 1.53. The predicted octanol–water partition coefficient (Wildman–Crippen LogP) is 2.18. The molecule has 0 bridgehead atoms. The van der Waals surface area contributed by atoms with Gasteiger partial charge in [0.15, 0.2) is 5.16 Å². The Morgan fingerprint density at radius 2 is 2.00 bits per heavy atom. The van der Waals surface area contributed by atoms with Gasteiger partial charge in [0.05, 0.1) is 10.6 Å². The van der Waals surface area contributed by atoms with Crippen LogP contribution in [0.15, 0.2) is 9.95 Å². The van der Waals surface area contributed by atoms with Crippen molar-refractivity contribution >= 4 is 39.2 Å². The second-order valence-corrected chi connectivity index (χ2v) is 7.73. The molecule has 0 saturated heterocycles. The van der Waals surface area contributed by atoms with Gasteiger partial charge in [-0.2, -0.15) is 0 Å². The number of aromatic nitrogens is 2. The number of carbonyl (C=O) groups is 1. The van der Waals surface area contributed by atoms with Crippen molar-refractivity contribution in [3.63, 3.8) is 0 Å². The fraction of sp³-hybridized carbons (Fsp3) is 0.500. The van der Waals surface area contributed by atoms with E-state index >= 15 is 0 Å². The molecule has 2 aromatic heterocycles. The molecule has 2 aromatic rings. The zero-order valence-corrected chi connectivity index (χ0v) is 14.7. The molecule has 0 radical (unpaired) electrons. The first kappa shape index (κ1) is 16.0. The number of rotatable bonds is 3. The SMILES string of the molecule is Cc1sc2nc(SC(C)C(=O)N(C)C)n(C)c(=O)c2c1C. The van der Waals surface area contributed by atoms with Crippen LogP contribution in [0.4, 0.5) is 0 Å². The van der Waals surface area contributed by atoms with Gasteiger partial charge in [0, 0.05) is 26.0 Å². The molecule has 0 saturated carbocycles. The topological polar surface area (TPSA) is 55.2 Å². The standard InChI is InChI=1S/C14H19N3O2S2/c1-7-8(2)20-11-10(7)13(19)17(6)14(15-11)21-9(3)12(18)16(4)5/h9H,1-6H3. The molecule has 21 heavy (non-hydrogen) atoms. The molecule has 114 valence electrons. The van der Waals surface area contributed by atoms with Crippen LogP contribution in [0.3, 0.4) is 0 Å². The van der Waals surface area contributed by atoms with Crippen LogP contribution in [0, 0.1) is 13.8 Å². The van der Waals surface area contributed by atoms with Gasteiger partial charge in [-0.05, 0) is 26.3 Å². The molecule has 0 aliphatic heterocycles. The number of hydrogen-bond donors (Lipinski definition) is 0. The van der Waals surface area contributed by atoms with Crippen LogP contribution >= 0.6 is 23.1 Å². The molecule has 1 atom stereocenters. The van der Waals surface area contributed by atoms with E-state index in [-0.39, 0.29) is 16.7 Å². The van der Waals surface area contributed by atoms with Gasteiger partial charge in [0.25, 0.3) is 5.56 Å². The van der Waals surface area contributed by atoms with Crippen molar-refractivity contribution in [3.05, 3.63) is 20.8 Å². The van der Waals surface area contributed by atoms with Crippen LogP contribution < -0.4 is 5.56 Å². The second-order valence-electron chi connectivity index (χ2n) is 5.21. The van der Waals surface area contributed by atoms with Gasteiger partial charge in [0.1, 0.15) is 4.83 Å². The maximum atomic E-state index is 12.5. The van der Waals surface area contributed by atoms with E-state index in [1.54, 1.807) is 26.0 Å². The normalized spacial score (nSPS) is 12.7. The van der Waals surface area contributed by atoms with Crippen LogP contribution in [-0.4, -0.2) is 39.7 Å². The summed E-state index contributed by atoms with van der Waals surface area (Å²) in [6.07, 6.45) is 0.